The highest BCUT2D eigenvalue weighted by atomic mass is 32.2. The molecule has 0 radical (unpaired) electrons. The first kappa shape index (κ1) is 11.7. The van der Waals surface area contributed by atoms with E-state index in [1.54, 1.807) is 0 Å². The maximum absolute atomic E-state index is 10.8. The first-order valence-electron chi connectivity index (χ1n) is 4.68. The third kappa shape index (κ3) is 7.81. The van der Waals surface area contributed by atoms with E-state index in [0.717, 1.165) is 12.8 Å². The Bertz CT molecular complexity index is 176. The zero-order valence-corrected chi connectivity index (χ0v) is 8.88. The number of unbranched alkanes of at least 4 members (excludes halogenated alkanes) is 4. The molecule has 0 aliphatic rings. The third-order valence-electron chi connectivity index (χ3n) is 1.60. The summed E-state index contributed by atoms with van der Waals surface area (Å²) in [4.78, 5) is 0. The minimum absolute atomic E-state index is 0.655. The molecule has 2 heteroatoms. The van der Waals surface area contributed by atoms with Crippen molar-refractivity contribution in [2.24, 2.45) is 0 Å². The minimum atomic E-state index is -0.895. The highest BCUT2D eigenvalue weighted by molar-refractivity contribution is 7.89. The number of rotatable bonds is 5. The largest absolute Gasteiger partial charge is 0.246 e. The van der Waals surface area contributed by atoms with Crippen LogP contribution in [-0.4, -0.2) is 9.96 Å². The van der Waals surface area contributed by atoms with Crippen molar-refractivity contribution in [2.75, 3.05) is 5.75 Å². The van der Waals surface area contributed by atoms with Crippen LogP contribution in [0.1, 0.15) is 46.0 Å². The second kappa shape index (κ2) is 8.80. The summed E-state index contributed by atoms with van der Waals surface area (Å²) < 4.78 is 10.8. The highest BCUT2D eigenvalue weighted by Crippen LogP contribution is 2.00. The minimum Gasteiger partial charge on any atom is -0.246 e. The van der Waals surface area contributed by atoms with Gasteiger partial charge in [-0.05, 0) is 11.7 Å². The van der Waals surface area contributed by atoms with Crippen molar-refractivity contribution in [1.29, 1.82) is 0 Å². The summed E-state index contributed by atoms with van der Waals surface area (Å²) in [6, 6.07) is 0. The molecule has 0 aliphatic carbocycles. The average molecular weight is 186 g/mol. The fourth-order valence-corrected chi connectivity index (χ4v) is 1.25. The van der Waals surface area contributed by atoms with Crippen LogP contribution in [0.3, 0.4) is 0 Å². The Kier molecular flexibility index (Phi) is 8.59. The van der Waals surface area contributed by atoms with Crippen LogP contribution in [0.15, 0.2) is 0 Å². The predicted molar refractivity (Wildman–Crippen MR) is 55.2 cm³/mol. The lowest BCUT2D eigenvalue weighted by Crippen LogP contribution is -1.85. The van der Waals surface area contributed by atoms with Gasteiger partial charge in [0, 0.05) is 12.2 Å². The molecule has 0 aromatic rings. The van der Waals surface area contributed by atoms with E-state index in [-0.39, 0.29) is 0 Å². The zero-order chi connectivity index (χ0) is 9.23. The highest BCUT2D eigenvalue weighted by Gasteiger charge is 1.86. The van der Waals surface area contributed by atoms with Crippen molar-refractivity contribution in [2.45, 2.75) is 46.0 Å². The third-order valence-corrected chi connectivity index (χ3v) is 2.50. The summed E-state index contributed by atoms with van der Waals surface area (Å²) in [7, 11) is -0.895. The summed E-state index contributed by atoms with van der Waals surface area (Å²) >= 11 is 0. The van der Waals surface area contributed by atoms with Crippen molar-refractivity contribution >= 4 is 10.8 Å². The molecule has 0 heterocycles. The van der Waals surface area contributed by atoms with E-state index in [1.165, 1.54) is 19.3 Å². The van der Waals surface area contributed by atoms with Gasteiger partial charge in [0.1, 0.15) is 0 Å². The Morgan fingerprint density at radius 3 is 2.50 bits per heavy atom. The van der Waals surface area contributed by atoms with Gasteiger partial charge < -0.3 is 0 Å². The molecule has 0 aliphatic heterocycles. The van der Waals surface area contributed by atoms with E-state index < -0.39 is 10.8 Å². The van der Waals surface area contributed by atoms with Gasteiger partial charge in [0.15, 0.2) is 0 Å². The molecule has 1 atom stereocenters. The van der Waals surface area contributed by atoms with Gasteiger partial charge in [-0.1, -0.05) is 39.0 Å². The van der Waals surface area contributed by atoms with Crippen LogP contribution >= 0.6 is 0 Å². The van der Waals surface area contributed by atoms with Crippen molar-refractivity contribution in [3.05, 3.63) is 0 Å². The molecule has 0 rings (SSSR count). The van der Waals surface area contributed by atoms with Crippen molar-refractivity contribution in [3.63, 3.8) is 0 Å². The Morgan fingerprint density at radius 2 is 1.92 bits per heavy atom. The molecule has 0 saturated heterocycles. The molecule has 0 amide bonds. The van der Waals surface area contributed by atoms with E-state index in [9.17, 15) is 4.21 Å². The maximum Gasteiger partial charge on any atom is 0.0971 e. The maximum atomic E-state index is 10.8. The van der Waals surface area contributed by atoms with Crippen LogP contribution in [-0.2, 0) is 10.8 Å². The second-order valence-corrected chi connectivity index (χ2v) is 4.20. The summed E-state index contributed by atoms with van der Waals surface area (Å²) in [5, 5.41) is 2.73. The molecule has 0 bridgehead atoms. The van der Waals surface area contributed by atoms with Crippen LogP contribution in [0.5, 0.6) is 0 Å². The molecular weight excluding hydrogens is 168 g/mol. The van der Waals surface area contributed by atoms with Gasteiger partial charge in [0.05, 0.1) is 10.8 Å². The van der Waals surface area contributed by atoms with E-state index in [1.807, 2.05) is 6.92 Å². The van der Waals surface area contributed by atoms with E-state index in [4.69, 9.17) is 0 Å². The van der Waals surface area contributed by atoms with Crippen molar-refractivity contribution < 1.29 is 4.21 Å². The van der Waals surface area contributed by atoms with E-state index in [2.05, 4.69) is 18.1 Å². The Hall–Kier alpha value is -0.290. The van der Waals surface area contributed by atoms with E-state index in [0.29, 0.717) is 5.75 Å². The molecule has 0 aromatic heterocycles. The Labute approximate surface area is 78.4 Å². The van der Waals surface area contributed by atoms with Crippen LogP contribution < -0.4 is 0 Å². The number of hydrogen-bond acceptors (Lipinski definition) is 1. The Balaban J connectivity index is 3.27. The SMILES string of the molecule is CCCCCCC#CS(=O)CC. The predicted octanol–water partition coefficient (Wildman–Crippen LogP) is 2.69. The summed E-state index contributed by atoms with van der Waals surface area (Å²) in [5.41, 5.74) is 0. The summed E-state index contributed by atoms with van der Waals surface area (Å²) in [6.07, 6.45) is 5.87. The quantitative estimate of drug-likeness (QED) is 0.476. The van der Waals surface area contributed by atoms with Gasteiger partial charge in [-0.2, -0.15) is 0 Å². The van der Waals surface area contributed by atoms with Gasteiger partial charge in [0.25, 0.3) is 0 Å². The fraction of sp³-hybridized carbons (Fsp3) is 0.800. The molecule has 1 unspecified atom stereocenters. The molecule has 12 heavy (non-hydrogen) atoms. The van der Waals surface area contributed by atoms with Crippen molar-refractivity contribution in [3.8, 4) is 11.2 Å². The van der Waals surface area contributed by atoms with Crippen LogP contribution in [0.25, 0.3) is 0 Å². The second-order valence-electron chi connectivity index (χ2n) is 2.72. The van der Waals surface area contributed by atoms with Crippen LogP contribution in [0.4, 0.5) is 0 Å². The zero-order valence-electron chi connectivity index (χ0n) is 8.06. The molecule has 0 N–H and O–H groups in total. The smallest absolute Gasteiger partial charge is 0.0971 e. The average Bonchev–Trinajstić information content (AvgIpc) is 2.10. The molecule has 0 fully saturated rings. The summed E-state index contributed by atoms with van der Waals surface area (Å²) in [6.45, 7) is 4.08. The van der Waals surface area contributed by atoms with Crippen molar-refractivity contribution in [1.82, 2.24) is 0 Å². The van der Waals surface area contributed by atoms with Gasteiger partial charge in [0.2, 0.25) is 0 Å². The van der Waals surface area contributed by atoms with Gasteiger partial charge in [-0.3, -0.25) is 0 Å². The molecule has 70 valence electrons. The first-order valence-corrected chi connectivity index (χ1v) is 6.00. The lowest BCUT2D eigenvalue weighted by Gasteiger charge is -1.91. The lowest BCUT2D eigenvalue weighted by atomic mass is 10.2. The topological polar surface area (TPSA) is 17.1 Å². The molecule has 0 aromatic carbocycles. The van der Waals surface area contributed by atoms with Crippen LogP contribution in [0, 0.1) is 11.2 Å². The van der Waals surface area contributed by atoms with Crippen LogP contribution in [0.2, 0.25) is 0 Å². The van der Waals surface area contributed by atoms with Gasteiger partial charge in [-0.25, -0.2) is 4.21 Å². The van der Waals surface area contributed by atoms with E-state index >= 15 is 0 Å². The molecule has 0 spiro atoms. The first-order chi connectivity index (χ1) is 5.81. The van der Waals surface area contributed by atoms with Gasteiger partial charge in [-0.15, -0.1) is 0 Å². The monoisotopic (exact) mass is 186 g/mol. The number of hydrogen-bond donors (Lipinski definition) is 0. The molecule has 0 saturated carbocycles. The Morgan fingerprint density at radius 1 is 1.17 bits per heavy atom. The van der Waals surface area contributed by atoms with Gasteiger partial charge >= 0.3 is 0 Å². The summed E-state index contributed by atoms with van der Waals surface area (Å²) in [5.74, 6) is 3.60. The lowest BCUT2D eigenvalue weighted by molar-refractivity contribution is 0.679. The standard InChI is InChI=1S/C10H18OS/c1-3-5-6-7-8-9-10-12(11)4-2/h3-8H2,1-2H3. The molecular formula is C10H18OS. The fourth-order valence-electron chi connectivity index (χ4n) is 0.844. The normalized spacial score (nSPS) is 11.8. The molecule has 1 nitrogen and oxygen atoms in total.